The molecule has 0 saturated heterocycles. The van der Waals surface area contributed by atoms with Crippen molar-refractivity contribution >= 4 is 19.9 Å². The molecule has 0 N–H and O–H groups in total. The van der Waals surface area contributed by atoms with Gasteiger partial charge < -0.3 is 0 Å². The summed E-state index contributed by atoms with van der Waals surface area (Å²) in [7, 11) is 1.72. The molecule has 2 nitrogen and oxygen atoms in total. The Morgan fingerprint density at radius 1 is 1.08 bits per heavy atom. The van der Waals surface area contributed by atoms with Gasteiger partial charge in [-0.05, 0) is 43.5 Å². The molecule has 0 heterocycles. The largest absolute Gasteiger partial charge is 0.289 e. The van der Waals surface area contributed by atoms with Crippen LogP contribution in [0.4, 0.5) is 0 Å². The standard InChI is InChI=1S/C10H10O.HOP/c1-5-4-8-9(10(8)11)7(3)6(5)2;1-2/h4H,1-3H3;2H. The van der Waals surface area contributed by atoms with Crippen LogP contribution in [0, 0.1) is 20.8 Å². The molecule has 0 amide bonds. The molecular weight excluding hydrogens is 183 g/mol. The molecule has 0 bridgehead atoms. The average molecular weight is 194 g/mol. The lowest BCUT2D eigenvalue weighted by molar-refractivity contribution is 0.607. The van der Waals surface area contributed by atoms with Crippen molar-refractivity contribution in [3.63, 3.8) is 0 Å². The molecule has 0 fully saturated rings. The zero-order chi connectivity index (χ0) is 10.2. The van der Waals surface area contributed by atoms with Crippen molar-refractivity contribution < 1.29 is 4.57 Å². The van der Waals surface area contributed by atoms with E-state index in [0.717, 1.165) is 10.8 Å². The maximum atomic E-state index is 11.1. The molecule has 0 aliphatic carbocycles. The fourth-order valence-electron chi connectivity index (χ4n) is 1.50. The van der Waals surface area contributed by atoms with E-state index in [1.807, 2.05) is 19.9 Å². The van der Waals surface area contributed by atoms with E-state index in [1.54, 1.807) is 9.12 Å². The third kappa shape index (κ3) is 1.42. The Hall–Kier alpha value is -1.01. The van der Waals surface area contributed by atoms with E-state index in [0.29, 0.717) is 0 Å². The second kappa shape index (κ2) is 3.39. The SMILES string of the molecule is Cc1cc2c(=O)c2c(C)c1C.O=P. The van der Waals surface area contributed by atoms with Gasteiger partial charge in [0.25, 0.3) is 0 Å². The van der Waals surface area contributed by atoms with Crippen LogP contribution in [0.25, 0.3) is 10.8 Å². The summed E-state index contributed by atoms with van der Waals surface area (Å²) in [5.41, 5.74) is 3.91. The first kappa shape index (κ1) is 10.1. The Morgan fingerprint density at radius 3 is 2.15 bits per heavy atom. The lowest BCUT2D eigenvalue weighted by Crippen LogP contribution is -1.81. The monoisotopic (exact) mass is 194 g/mol. The first-order chi connectivity index (χ1) is 6.13. The Bertz CT molecular complexity index is 464. The van der Waals surface area contributed by atoms with Crippen LogP contribution in [0.1, 0.15) is 16.7 Å². The molecule has 0 radical (unpaired) electrons. The van der Waals surface area contributed by atoms with E-state index in [1.165, 1.54) is 16.7 Å². The van der Waals surface area contributed by atoms with Gasteiger partial charge in [-0.25, -0.2) is 0 Å². The third-order valence-corrected chi connectivity index (χ3v) is 2.57. The molecule has 0 unspecified atom stereocenters. The van der Waals surface area contributed by atoms with Gasteiger partial charge in [0, 0.05) is 10.8 Å². The minimum absolute atomic E-state index is 0.249. The first-order valence-electron chi connectivity index (χ1n) is 3.99. The second-order valence-corrected chi connectivity index (χ2v) is 3.20. The number of benzene rings is 1. The van der Waals surface area contributed by atoms with Gasteiger partial charge in [-0.1, -0.05) is 0 Å². The fraction of sp³-hybridized carbons (Fsp3) is 0.300. The maximum Gasteiger partial charge on any atom is 0.194 e. The molecule has 68 valence electrons. The average Bonchev–Trinajstić information content (AvgIpc) is 2.77. The van der Waals surface area contributed by atoms with Gasteiger partial charge in [-0.15, -0.1) is 0 Å². The zero-order valence-electron chi connectivity index (χ0n) is 7.89. The van der Waals surface area contributed by atoms with Gasteiger partial charge in [-0.3, -0.25) is 9.36 Å². The molecule has 13 heavy (non-hydrogen) atoms. The number of rotatable bonds is 0. The van der Waals surface area contributed by atoms with Crippen molar-refractivity contribution in [2.45, 2.75) is 20.8 Å². The summed E-state index contributed by atoms with van der Waals surface area (Å²) in [5.74, 6) is 0. The van der Waals surface area contributed by atoms with Crippen molar-refractivity contribution in [1.29, 1.82) is 0 Å². The smallest absolute Gasteiger partial charge is 0.194 e. The number of aryl methyl sites for hydroxylation is 2. The highest BCUT2D eigenvalue weighted by molar-refractivity contribution is 7.00. The Morgan fingerprint density at radius 2 is 1.62 bits per heavy atom. The molecule has 0 aliphatic rings. The number of fused-ring (bicyclic) bond motifs is 1. The zero-order valence-corrected chi connectivity index (χ0v) is 8.89. The van der Waals surface area contributed by atoms with E-state index in [-0.39, 0.29) is 5.43 Å². The summed E-state index contributed by atoms with van der Waals surface area (Å²) in [5, 5.41) is 1.90. The van der Waals surface area contributed by atoms with Gasteiger partial charge in [-0.2, -0.15) is 0 Å². The lowest BCUT2D eigenvalue weighted by atomic mass is 10.1. The summed E-state index contributed by atoms with van der Waals surface area (Å²) in [6, 6.07) is 1.99. The second-order valence-electron chi connectivity index (χ2n) is 3.20. The molecule has 2 rings (SSSR count). The normalized spacial score (nSPS) is 10.1. The van der Waals surface area contributed by atoms with Crippen molar-refractivity contribution in [1.82, 2.24) is 0 Å². The van der Waals surface area contributed by atoms with Crippen molar-refractivity contribution in [2.75, 3.05) is 0 Å². The topological polar surface area (TPSA) is 34.1 Å². The lowest BCUT2D eigenvalue weighted by Gasteiger charge is -1.99. The minimum atomic E-state index is 0.249. The molecule has 0 saturated carbocycles. The number of hydrogen-bond donors (Lipinski definition) is 0. The summed E-state index contributed by atoms with van der Waals surface area (Å²) >= 11 is 0. The predicted molar refractivity (Wildman–Crippen MR) is 55.8 cm³/mol. The van der Waals surface area contributed by atoms with E-state index in [9.17, 15) is 4.79 Å². The number of hydrogen-bond acceptors (Lipinski definition) is 2. The van der Waals surface area contributed by atoms with E-state index in [4.69, 9.17) is 4.57 Å². The molecular formula is C10H11O2P. The molecule has 3 heteroatoms. The highest BCUT2D eigenvalue weighted by Gasteiger charge is 2.16. The highest BCUT2D eigenvalue weighted by Crippen LogP contribution is 2.25. The molecule has 0 spiro atoms. The van der Waals surface area contributed by atoms with Crippen LogP contribution in [0.3, 0.4) is 0 Å². The highest BCUT2D eigenvalue weighted by atomic mass is 31.0. The summed E-state index contributed by atoms with van der Waals surface area (Å²) in [6.45, 7) is 6.14. The molecule has 0 aliphatic heterocycles. The van der Waals surface area contributed by atoms with Gasteiger partial charge in [0.1, 0.15) is 9.12 Å². The third-order valence-electron chi connectivity index (χ3n) is 2.57. The van der Waals surface area contributed by atoms with Crippen LogP contribution < -0.4 is 5.43 Å². The van der Waals surface area contributed by atoms with Crippen molar-refractivity contribution in [3.05, 3.63) is 33.0 Å². The van der Waals surface area contributed by atoms with E-state index >= 15 is 0 Å². The Balaban J connectivity index is 0.000000396. The maximum absolute atomic E-state index is 11.1. The van der Waals surface area contributed by atoms with Crippen molar-refractivity contribution in [3.8, 4) is 0 Å². The van der Waals surface area contributed by atoms with Gasteiger partial charge in [0.2, 0.25) is 0 Å². The van der Waals surface area contributed by atoms with Crippen LogP contribution in [0.2, 0.25) is 0 Å². The van der Waals surface area contributed by atoms with Crippen LogP contribution in [-0.4, -0.2) is 0 Å². The summed E-state index contributed by atoms with van der Waals surface area (Å²) < 4.78 is 8.06. The van der Waals surface area contributed by atoms with Crippen LogP contribution in [0.15, 0.2) is 10.9 Å². The van der Waals surface area contributed by atoms with Gasteiger partial charge in [0.15, 0.2) is 5.43 Å². The van der Waals surface area contributed by atoms with Gasteiger partial charge >= 0.3 is 0 Å². The minimum Gasteiger partial charge on any atom is -0.289 e. The van der Waals surface area contributed by atoms with Crippen molar-refractivity contribution in [2.24, 2.45) is 0 Å². The quantitative estimate of drug-likeness (QED) is 0.604. The Kier molecular flexibility index (Phi) is 2.63. The van der Waals surface area contributed by atoms with Crippen LogP contribution >= 0.6 is 9.12 Å². The van der Waals surface area contributed by atoms with E-state index < -0.39 is 0 Å². The molecule has 2 aromatic rings. The van der Waals surface area contributed by atoms with Crippen LogP contribution in [-0.2, 0) is 4.57 Å². The van der Waals surface area contributed by atoms with E-state index in [2.05, 4.69) is 6.92 Å². The predicted octanol–water partition coefficient (Wildman–Crippen LogP) is 2.48. The fourth-order valence-corrected chi connectivity index (χ4v) is 1.50. The molecule has 0 aromatic heterocycles. The summed E-state index contributed by atoms with van der Waals surface area (Å²) in [4.78, 5) is 11.1. The molecule has 2 aromatic carbocycles. The molecule has 0 atom stereocenters. The van der Waals surface area contributed by atoms with Crippen LogP contribution in [0.5, 0.6) is 0 Å². The van der Waals surface area contributed by atoms with Gasteiger partial charge in [0.05, 0.1) is 0 Å². The first-order valence-corrected chi connectivity index (χ1v) is 4.39. The summed E-state index contributed by atoms with van der Waals surface area (Å²) in [6.07, 6.45) is 0. The Labute approximate surface area is 78.9 Å².